The van der Waals surface area contributed by atoms with Gasteiger partial charge < -0.3 is 10.3 Å². The van der Waals surface area contributed by atoms with Crippen molar-refractivity contribution in [2.45, 2.75) is 19.5 Å². The molecule has 2 N–H and O–H groups in total. The van der Waals surface area contributed by atoms with Crippen molar-refractivity contribution >= 4 is 0 Å². The second kappa shape index (κ2) is 6.33. The van der Waals surface area contributed by atoms with Gasteiger partial charge in [-0.2, -0.15) is 0 Å². The second-order valence-electron chi connectivity index (χ2n) is 5.03. The van der Waals surface area contributed by atoms with Crippen LogP contribution in [0, 0.1) is 0 Å². The molecule has 4 heteroatoms. The van der Waals surface area contributed by atoms with Gasteiger partial charge in [-0.1, -0.05) is 30.3 Å². The monoisotopic (exact) mass is 278 g/mol. The SMILES string of the molecule is NCc1ccc(Cn2ccnc2Cc2cccnc2)cc1. The van der Waals surface area contributed by atoms with E-state index >= 15 is 0 Å². The van der Waals surface area contributed by atoms with E-state index in [9.17, 15) is 0 Å². The van der Waals surface area contributed by atoms with E-state index in [0.717, 1.165) is 24.4 Å². The lowest BCUT2D eigenvalue weighted by atomic mass is 10.1. The summed E-state index contributed by atoms with van der Waals surface area (Å²) in [6.45, 7) is 1.40. The summed E-state index contributed by atoms with van der Waals surface area (Å²) in [5, 5.41) is 0. The van der Waals surface area contributed by atoms with Crippen molar-refractivity contribution < 1.29 is 0 Å². The molecule has 3 aromatic rings. The molecular formula is C17H18N4. The number of benzene rings is 1. The molecule has 0 saturated heterocycles. The Kier molecular flexibility index (Phi) is 4.07. The van der Waals surface area contributed by atoms with Crippen LogP contribution in [0.25, 0.3) is 0 Å². The molecule has 0 saturated carbocycles. The zero-order valence-electron chi connectivity index (χ0n) is 11.8. The lowest BCUT2D eigenvalue weighted by molar-refractivity contribution is 0.739. The average molecular weight is 278 g/mol. The van der Waals surface area contributed by atoms with Crippen LogP contribution in [0.3, 0.4) is 0 Å². The maximum absolute atomic E-state index is 5.62. The van der Waals surface area contributed by atoms with Crippen LogP contribution in [-0.4, -0.2) is 14.5 Å². The summed E-state index contributed by atoms with van der Waals surface area (Å²) in [6.07, 6.45) is 8.33. The van der Waals surface area contributed by atoms with Crippen molar-refractivity contribution in [3.63, 3.8) is 0 Å². The van der Waals surface area contributed by atoms with E-state index in [1.807, 2.05) is 24.7 Å². The molecule has 0 aliphatic rings. The second-order valence-corrected chi connectivity index (χ2v) is 5.03. The van der Waals surface area contributed by atoms with Crippen LogP contribution < -0.4 is 5.73 Å². The average Bonchev–Trinajstić information content (AvgIpc) is 2.96. The molecule has 0 unspecified atom stereocenters. The van der Waals surface area contributed by atoms with Gasteiger partial charge in [0.1, 0.15) is 5.82 Å². The number of nitrogens with two attached hydrogens (primary N) is 1. The van der Waals surface area contributed by atoms with Gasteiger partial charge in [-0.15, -0.1) is 0 Å². The topological polar surface area (TPSA) is 56.7 Å². The fourth-order valence-corrected chi connectivity index (χ4v) is 2.31. The minimum Gasteiger partial charge on any atom is -0.330 e. The molecule has 0 aliphatic carbocycles. The predicted molar refractivity (Wildman–Crippen MR) is 82.7 cm³/mol. The number of imidazole rings is 1. The van der Waals surface area contributed by atoms with Crippen LogP contribution in [0.2, 0.25) is 0 Å². The van der Waals surface area contributed by atoms with Crippen LogP contribution in [0.1, 0.15) is 22.5 Å². The highest BCUT2D eigenvalue weighted by molar-refractivity contribution is 5.23. The van der Waals surface area contributed by atoms with Gasteiger partial charge in [0.2, 0.25) is 0 Å². The third kappa shape index (κ3) is 3.35. The largest absolute Gasteiger partial charge is 0.330 e. The molecule has 0 bridgehead atoms. The van der Waals surface area contributed by atoms with Crippen LogP contribution >= 0.6 is 0 Å². The van der Waals surface area contributed by atoms with Crippen LogP contribution in [0.5, 0.6) is 0 Å². The molecule has 4 nitrogen and oxygen atoms in total. The number of pyridine rings is 1. The lowest BCUT2D eigenvalue weighted by Crippen LogP contribution is -2.05. The van der Waals surface area contributed by atoms with Gasteiger partial charge in [-0.25, -0.2) is 4.98 Å². The fourth-order valence-electron chi connectivity index (χ4n) is 2.31. The van der Waals surface area contributed by atoms with Gasteiger partial charge in [0.05, 0.1) is 0 Å². The minimum atomic E-state index is 0.581. The molecule has 0 fully saturated rings. The first kappa shape index (κ1) is 13.5. The van der Waals surface area contributed by atoms with E-state index in [1.165, 1.54) is 11.1 Å². The van der Waals surface area contributed by atoms with Crippen molar-refractivity contribution in [1.82, 2.24) is 14.5 Å². The first-order valence-corrected chi connectivity index (χ1v) is 7.02. The Balaban J connectivity index is 1.75. The number of nitrogens with zero attached hydrogens (tertiary/aromatic N) is 3. The van der Waals surface area contributed by atoms with E-state index in [1.54, 1.807) is 6.20 Å². The van der Waals surface area contributed by atoms with Gasteiger partial charge in [0.25, 0.3) is 0 Å². The number of aromatic nitrogens is 3. The Morgan fingerprint density at radius 2 is 1.76 bits per heavy atom. The fraction of sp³-hybridized carbons (Fsp3) is 0.176. The number of hydrogen-bond donors (Lipinski definition) is 1. The maximum atomic E-state index is 5.62. The third-order valence-electron chi connectivity index (χ3n) is 3.50. The summed E-state index contributed by atoms with van der Waals surface area (Å²) < 4.78 is 2.17. The minimum absolute atomic E-state index is 0.581. The van der Waals surface area contributed by atoms with E-state index in [2.05, 4.69) is 44.9 Å². The molecule has 1 aromatic carbocycles. The molecule has 0 spiro atoms. The molecule has 0 aliphatic heterocycles. The molecule has 0 atom stereocenters. The standard InChI is InChI=1S/C17H18N4/c18-11-14-3-5-15(6-4-14)13-21-9-8-20-17(21)10-16-2-1-7-19-12-16/h1-9,12H,10-11,13,18H2. The molecule has 0 amide bonds. The summed E-state index contributed by atoms with van der Waals surface area (Å²) in [7, 11) is 0. The van der Waals surface area contributed by atoms with Gasteiger partial charge in [0, 0.05) is 44.3 Å². The Hall–Kier alpha value is -2.46. The van der Waals surface area contributed by atoms with Crippen LogP contribution in [-0.2, 0) is 19.5 Å². The Bertz CT molecular complexity index is 686. The summed E-state index contributed by atoms with van der Waals surface area (Å²) >= 11 is 0. The van der Waals surface area contributed by atoms with Gasteiger partial charge in [0.15, 0.2) is 0 Å². The van der Waals surface area contributed by atoms with Gasteiger partial charge >= 0.3 is 0 Å². The highest BCUT2D eigenvalue weighted by Gasteiger charge is 2.05. The highest BCUT2D eigenvalue weighted by atomic mass is 15.1. The quantitative estimate of drug-likeness (QED) is 0.779. The molecule has 0 radical (unpaired) electrons. The molecule has 2 heterocycles. The summed E-state index contributed by atoms with van der Waals surface area (Å²) in [6, 6.07) is 12.4. The van der Waals surface area contributed by atoms with Crippen molar-refractivity contribution in [2.75, 3.05) is 0 Å². The van der Waals surface area contributed by atoms with E-state index in [0.29, 0.717) is 6.54 Å². The first-order chi connectivity index (χ1) is 10.3. The predicted octanol–water partition coefficient (Wildman–Crippen LogP) is 2.38. The summed E-state index contributed by atoms with van der Waals surface area (Å²) in [5.74, 6) is 1.05. The highest BCUT2D eigenvalue weighted by Crippen LogP contribution is 2.11. The van der Waals surface area contributed by atoms with Crippen molar-refractivity contribution in [3.8, 4) is 0 Å². The summed E-state index contributed by atoms with van der Waals surface area (Å²) in [5.41, 5.74) is 9.20. The first-order valence-electron chi connectivity index (χ1n) is 7.02. The van der Waals surface area contributed by atoms with E-state index in [-0.39, 0.29) is 0 Å². The Morgan fingerprint density at radius 1 is 0.952 bits per heavy atom. The Labute approximate surface area is 124 Å². The molecule has 106 valence electrons. The molecular weight excluding hydrogens is 260 g/mol. The molecule has 3 rings (SSSR count). The number of rotatable bonds is 5. The molecule has 21 heavy (non-hydrogen) atoms. The number of hydrogen-bond acceptors (Lipinski definition) is 3. The summed E-state index contributed by atoms with van der Waals surface area (Å²) in [4.78, 5) is 8.61. The zero-order valence-corrected chi connectivity index (χ0v) is 11.8. The third-order valence-corrected chi connectivity index (χ3v) is 3.50. The van der Waals surface area contributed by atoms with Gasteiger partial charge in [-0.3, -0.25) is 4.98 Å². The lowest BCUT2D eigenvalue weighted by Gasteiger charge is -2.08. The van der Waals surface area contributed by atoms with Crippen LogP contribution in [0.4, 0.5) is 0 Å². The Morgan fingerprint density at radius 3 is 2.48 bits per heavy atom. The normalized spacial score (nSPS) is 10.7. The molecule has 2 aromatic heterocycles. The van der Waals surface area contributed by atoms with Crippen LogP contribution in [0.15, 0.2) is 61.2 Å². The van der Waals surface area contributed by atoms with E-state index < -0.39 is 0 Å². The van der Waals surface area contributed by atoms with Crippen molar-refractivity contribution in [1.29, 1.82) is 0 Å². The van der Waals surface area contributed by atoms with Crippen molar-refractivity contribution in [2.24, 2.45) is 5.73 Å². The maximum Gasteiger partial charge on any atom is 0.113 e. The zero-order chi connectivity index (χ0) is 14.5. The smallest absolute Gasteiger partial charge is 0.113 e. The van der Waals surface area contributed by atoms with Gasteiger partial charge in [-0.05, 0) is 22.8 Å². The van der Waals surface area contributed by atoms with E-state index in [4.69, 9.17) is 5.73 Å². The van der Waals surface area contributed by atoms with Crippen molar-refractivity contribution in [3.05, 3.63) is 83.7 Å².